The summed E-state index contributed by atoms with van der Waals surface area (Å²) in [7, 11) is -1.47. The van der Waals surface area contributed by atoms with Gasteiger partial charge in [0.05, 0.1) is 5.75 Å². The van der Waals surface area contributed by atoms with Crippen LogP contribution < -0.4 is 10.6 Å². The van der Waals surface area contributed by atoms with E-state index in [1.54, 1.807) is 14.0 Å². The SMILES string of the molecule is CCNC(=NCCCN(C)S(=O)(=O)CC)NC(C)C(C)C.I. The molecule has 0 aromatic rings. The van der Waals surface area contributed by atoms with Gasteiger partial charge in [0.15, 0.2) is 5.96 Å². The predicted molar refractivity (Wildman–Crippen MR) is 106 cm³/mol. The molecule has 0 amide bonds. The molecule has 0 radical (unpaired) electrons. The van der Waals surface area contributed by atoms with Crippen LogP contribution in [-0.4, -0.2) is 57.2 Å². The van der Waals surface area contributed by atoms with E-state index in [2.05, 4.69) is 36.4 Å². The van der Waals surface area contributed by atoms with Crippen LogP contribution >= 0.6 is 24.0 Å². The fourth-order valence-corrected chi connectivity index (χ4v) is 2.39. The van der Waals surface area contributed by atoms with Gasteiger partial charge in [-0.3, -0.25) is 4.99 Å². The topological polar surface area (TPSA) is 73.8 Å². The minimum absolute atomic E-state index is 0. The number of aliphatic imine (C=N–C) groups is 1. The van der Waals surface area contributed by atoms with Crippen LogP contribution in [0.1, 0.15) is 41.0 Å². The molecule has 22 heavy (non-hydrogen) atoms. The zero-order valence-corrected chi connectivity index (χ0v) is 17.9. The van der Waals surface area contributed by atoms with Gasteiger partial charge in [0, 0.05) is 32.7 Å². The summed E-state index contributed by atoms with van der Waals surface area (Å²) in [6.07, 6.45) is 0.711. The van der Waals surface area contributed by atoms with Crippen molar-refractivity contribution in [2.75, 3.05) is 32.4 Å². The highest BCUT2D eigenvalue weighted by atomic mass is 127. The van der Waals surface area contributed by atoms with Crippen molar-refractivity contribution < 1.29 is 8.42 Å². The number of hydrogen-bond acceptors (Lipinski definition) is 3. The number of halogens is 1. The number of rotatable bonds is 9. The molecule has 0 saturated heterocycles. The second-order valence-electron chi connectivity index (χ2n) is 5.51. The lowest BCUT2D eigenvalue weighted by molar-refractivity contribution is 0.463. The molecule has 2 N–H and O–H groups in total. The Morgan fingerprint density at radius 3 is 2.27 bits per heavy atom. The lowest BCUT2D eigenvalue weighted by Crippen LogP contribution is -2.44. The minimum atomic E-state index is -3.09. The van der Waals surface area contributed by atoms with Gasteiger partial charge in [0.1, 0.15) is 0 Å². The Balaban J connectivity index is 0. The van der Waals surface area contributed by atoms with E-state index in [0.29, 0.717) is 31.5 Å². The quantitative estimate of drug-likeness (QED) is 0.245. The number of hydrogen-bond donors (Lipinski definition) is 2. The first kappa shape index (κ1) is 24.2. The van der Waals surface area contributed by atoms with E-state index >= 15 is 0 Å². The largest absolute Gasteiger partial charge is 0.357 e. The molecule has 134 valence electrons. The summed E-state index contributed by atoms with van der Waals surface area (Å²) in [6.45, 7) is 12.0. The summed E-state index contributed by atoms with van der Waals surface area (Å²) >= 11 is 0. The molecular weight excluding hydrogens is 415 g/mol. The Morgan fingerprint density at radius 2 is 1.82 bits per heavy atom. The van der Waals surface area contributed by atoms with Crippen LogP contribution in [0.2, 0.25) is 0 Å². The highest BCUT2D eigenvalue weighted by molar-refractivity contribution is 14.0. The van der Waals surface area contributed by atoms with Gasteiger partial charge in [-0.1, -0.05) is 13.8 Å². The van der Waals surface area contributed by atoms with E-state index in [0.717, 1.165) is 12.5 Å². The molecule has 0 aromatic heterocycles. The Labute approximate surface area is 153 Å². The van der Waals surface area contributed by atoms with Gasteiger partial charge < -0.3 is 10.6 Å². The standard InChI is InChI=1S/C14H32N4O2S.HI/c1-7-15-14(17-13(5)12(3)4)16-10-9-11-18(6)21(19,20)8-2;/h12-13H,7-11H2,1-6H3,(H2,15,16,17);1H. The summed E-state index contributed by atoms with van der Waals surface area (Å²) in [6, 6.07) is 0.339. The molecule has 1 atom stereocenters. The summed E-state index contributed by atoms with van der Waals surface area (Å²) in [5.74, 6) is 1.46. The van der Waals surface area contributed by atoms with E-state index < -0.39 is 10.0 Å². The van der Waals surface area contributed by atoms with Crippen LogP contribution in [0.15, 0.2) is 4.99 Å². The van der Waals surface area contributed by atoms with Crippen LogP contribution in [0.3, 0.4) is 0 Å². The molecule has 6 nitrogen and oxygen atoms in total. The van der Waals surface area contributed by atoms with E-state index in [4.69, 9.17) is 0 Å². The third-order valence-corrected chi connectivity index (χ3v) is 5.31. The van der Waals surface area contributed by atoms with E-state index in [1.807, 2.05) is 6.92 Å². The molecule has 0 bridgehead atoms. The van der Waals surface area contributed by atoms with Gasteiger partial charge in [0.2, 0.25) is 10.0 Å². The van der Waals surface area contributed by atoms with Gasteiger partial charge >= 0.3 is 0 Å². The summed E-state index contributed by atoms with van der Waals surface area (Å²) in [5, 5.41) is 6.56. The van der Waals surface area contributed by atoms with Crippen molar-refractivity contribution in [2.24, 2.45) is 10.9 Å². The van der Waals surface area contributed by atoms with Crippen molar-refractivity contribution in [3.63, 3.8) is 0 Å². The molecule has 0 fully saturated rings. The maximum Gasteiger partial charge on any atom is 0.213 e. The monoisotopic (exact) mass is 448 g/mol. The Bertz CT molecular complexity index is 413. The van der Waals surface area contributed by atoms with Gasteiger partial charge in [0.25, 0.3) is 0 Å². The van der Waals surface area contributed by atoms with Crippen molar-refractivity contribution >= 4 is 40.0 Å². The average molecular weight is 448 g/mol. The maximum atomic E-state index is 11.6. The van der Waals surface area contributed by atoms with Crippen molar-refractivity contribution in [1.29, 1.82) is 0 Å². The van der Waals surface area contributed by atoms with Crippen molar-refractivity contribution in [1.82, 2.24) is 14.9 Å². The first-order valence-electron chi connectivity index (χ1n) is 7.73. The molecule has 0 aliphatic rings. The lowest BCUT2D eigenvalue weighted by Gasteiger charge is -2.21. The number of sulfonamides is 1. The smallest absolute Gasteiger partial charge is 0.213 e. The molecule has 0 aliphatic carbocycles. The van der Waals surface area contributed by atoms with Gasteiger partial charge in [-0.25, -0.2) is 12.7 Å². The van der Waals surface area contributed by atoms with Crippen molar-refractivity contribution in [2.45, 2.75) is 47.1 Å². The summed E-state index contributed by atoms with van der Waals surface area (Å²) < 4.78 is 24.6. The first-order valence-corrected chi connectivity index (χ1v) is 9.34. The van der Waals surface area contributed by atoms with E-state index in [-0.39, 0.29) is 29.7 Å². The molecule has 1 unspecified atom stereocenters. The van der Waals surface area contributed by atoms with E-state index in [1.165, 1.54) is 4.31 Å². The fourth-order valence-electron chi connectivity index (χ4n) is 1.55. The Hall–Kier alpha value is -0.0900. The Kier molecular flexibility index (Phi) is 13.6. The first-order chi connectivity index (χ1) is 9.74. The van der Waals surface area contributed by atoms with Crippen LogP contribution in [0, 0.1) is 5.92 Å². The van der Waals surface area contributed by atoms with Crippen LogP contribution in [0.4, 0.5) is 0 Å². The third-order valence-electron chi connectivity index (χ3n) is 3.45. The summed E-state index contributed by atoms with van der Waals surface area (Å²) in [5.41, 5.74) is 0. The zero-order chi connectivity index (χ0) is 16.5. The Morgan fingerprint density at radius 1 is 1.23 bits per heavy atom. The average Bonchev–Trinajstić information content (AvgIpc) is 2.42. The van der Waals surface area contributed by atoms with Crippen molar-refractivity contribution in [3.05, 3.63) is 0 Å². The second-order valence-corrected chi connectivity index (χ2v) is 7.88. The van der Waals surface area contributed by atoms with Crippen LogP contribution in [0.5, 0.6) is 0 Å². The molecule has 0 saturated carbocycles. The van der Waals surface area contributed by atoms with Crippen molar-refractivity contribution in [3.8, 4) is 0 Å². The van der Waals surface area contributed by atoms with E-state index in [9.17, 15) is 8.42 Å². The number of guanidine groups is 1. The second kappa shape index (κ2) is 12.3. The zero-order valence-electron chi connectivity index (χ0n) is 14.7. The number of nitrogens with one attached hydrogen (secondary N) is 2. The molecule has 0 aromatic carbocycles. The molecule has 0 spiro atoms. The van der Waals surface area contributed by atoms with Crippen LogP contribution in [-0.2, 0) is 10.0 Å². The number of nitrogens with zero attached hydrogens (tertiary/aromatic N) is 2. The van der Waals surface area contributed by atoms with Gasteiger partial charge in [-0.05, 0) is 33.1 Å². The highest BCUT2D eigenvalue weighted by Gasteiger charge is 2.14. The molecule has 0 heterocycles. The van der Waals surface area contributed by atoms with Gasteiger partial charge in [-0.2, -0.15) is 0 Å². The molecular formula is C14H33IN4O2S. The summed E-state index contributed by atoms with van der Waals surface area (Å²) in [4.78, 5) is 4.49. The highest BCUT2D eigenvalue weighted by Crippen LogP contribution is 2.00. The third kappa shape index (κ3) is 9.83. The normalized spacial score (nSPS) is 13.9. The van der Waals surface area contributed by atoms with Crippen LogP contribution in [0.25, 0.3) is 0 Å². The fraction of sp³-hybridized carbons (Fsp3) is 0.929. The molecule has 8 heteroatoms. The minimum Gasteiger partial charge on any atom is -0.357 e. The van der Waals surface area contributed by atoms with Gasteiger partial charge in [-0.15, -0.1) is 24.0 Å². The predicted octanol–water partition coefficient (Wildman–Crippen LogP) is 1.88. The molecule has 0 rings (SSSR count). The molecule has 0 aliphatic heterocycles. The maximum absolute atomic E-state index is 11.6. The lowest BCUT2D eigenvalue weighted by atomic mass is 10.1.